The highest BCUT2D eigenvalue weighted by molar-refractivity contribution is 8.00. The van der Waals surface area contributed by atoms with Gasteiger partial charge in [0.2, 0.25) is 11.8 Å². The number of ether oxygens (including phenoxy) is 2. The van der Waals surface area contributed by atoms with Gasteiger partial charge in [0.25, 0.3) is 5.91 Å². The van der Waals surface area contributed by atoms with Crippen LogP contribution in [0.25, 0.3) is 0 Å². The second kappa shape index (κ2) is 12.3. The summed E-state index contributed by atoms with van der Waals surface area (Å²) in [5, 5.41) is 3.76. The number of H-pyrrole nitrogens is 1. The van der Waals surface area contributed by atoms with Gasteiger partial charge in [0.15, 0.2) is 6.61 Å². The fourth-order valence-corrected chi connectivity index (χ4v) is 11.3. The fourth-order valence-electron chi connectivity index (χ4n) is 8.43. The molecule has 3 fully saturated rings. The van der Waals surface area contributed by atoms with Crippen molar-refractivity contribution in [1.82, 2.24) is 4.98 Å². The van der Waals surface area contributed by atoms with Crippen molar-refractivity contribution in [2.75, 3.05) is 23.4 Å². The van der Waals surface area contributed by atoms with Crippen molar-refractivity contribution < 1.29 is 28.7 Å². The highest BCUT2D eigenvalue weighted by atomic mass is 32.2. The third kappa shape index (κ3) is 5.28. The number of nitrogens with zero attached hydrogens (tertiary/aromatic N) is 1. The number of rotatable bonds is 8. The van der Waals surface area contributed by atoms with E-state index in [0.29, 0.717) is 17.0 Å². The van der Waals surface area contributed by atoms with E-state index in [2.05, 4.69) is 10.3 Å². The van der Waals surface area contributed by atoms with Gasteiger partial charge in [0.05, 0.1) is 34.7 Å². The summed E-state index contributed by atoms with van der Waals surface area (Å²) in [6.07, 6.45) is 0.775. The van der Waals surface area contributed by atoms with E-state index < -0.39 is 17.8 Å². The van der Waals surface area contributed by atoms with Gasteiger partial charge in [-0.3, -0.25) is 24.1 Å². The van der Waals surface area contributed by atoms with E-state index in [0.717, 1.165) is 33.1 Å². The largest absolute Gasteiger partial charge is 0.484 e. The number of aryl methyl sites for hydroxylation is 1. The Bertz CT molecular complexity index is 2040. The van der Waals surface area contributed by atoms with Gasteiger partial charge in [0, 0.05) is 21.7 Å². The molecule has 2 bridgehead atoms. The number of aromatic nitrogens is 1. The van der Waals surface area contributed by atoms with Crippen LogP contribution >= 0.6 is 23.1 Å². The summed E-state index contributed by atoms with van der Waals surface area (Å²) in [6.45, 7) is 3.77. The molecule has 2 aliphatic carbocycles. The molecule has 12 heteroatoms. The molecule has 10 nitrogen and oxygen atoms in total. The second-order valence-corrected chi connectivity index (χ2v) is 15.2. The van der Waals surface area contributed by atoms with Gasteiger partial charge in [-0.25, -0.2) is 4.79 Å². The molecule has 250 valence electrons. The van der Waals surface area contributed by atoms with Crippen molar-refractivity contribution in [3.8, 4) is 5.75 Å². The van der Waals surface area contributed by atoms with Crippen LogP contribution in [0.5, 0.6) is 5.75 Å². The number of amides is 3. The lowest BCUT2D eigenvalue weighted by molar-refractivity contribution is -0.123. The first kappa shape index (κ1) is 31.6. The van der Waals surface area contributed by atoms with E-state index in [1.807, 2.05) is 55.5 Å². The summed E-state index contributed by atoms with van der Waals surface area (Å²) in [5.74, 6) is -1.58. The van der Waals surface area contributed by atoms with E-state index in [-0.39, 0.29) is 64.7 Å². The van der Waals surface area contributed by atoms with Gasteiger partial charge in [0.1, 0.15) is 5.75 Å². The normalized spacial score (nSPS) is 26.2. The highest BCUT2D eigenvalue weighted by Crippen LogP contribution is 2.68. The lowest BCUT2D eigenvalue weighted by atomic mass is 9.68. The van der Waals surface area contributed by atoms with E-state index in [1.165, 1.54) is 16.2 Å². The van der Waals surface area contributed by atoms with Crippen LogP contribution in [0.15, 0.2) is 82.6 Å². The summed E-state index contributed by atoms with van der Waals surface area (Å²) in [6, 6.07) is 21.6. The average Bonchev–Trinajstić information content (AvgIpc) is 3.84. The Hall–Kier alpha value is -4.68. The van der Waals surface area contributed by atoms with Crippen molar-refractivity contribution in [3.63, 3.8) is 0 Å². The number of imide groups is 1. The van der Waals surface area contributed by atoms with Crippen LogP contribution < -0.4 is 19.8 Å². The van der Waals surface area contributed by atoms with E-state index in [9.17, 15) is 24.0 Å². The van der Waals surface area contributed by atoms with Gasteiger partial charge >= 0.3 is 10.8 Å². The Balaban J connectivity index is 1.04. The molecule has 0 spiro atoms. The summed E-state index contributed by atoms with van der Waals surface area (Å²) in [7, 11) is 0. The molecule has 3 heterocycles. The maximum absolute atomic E-state index is 14.1. The average molecular weight is 696 g/mol. The first-order chi connectivity index (χ1) is 23.7. The Morgan fingerprint density at radius 2 is 1.65 bits per heavy atom. The van der Waals surface area contributed by atoms with Gasteiger partial charge < -0.3 is 19.8 Å². The number of thioether (sulfide) groups is 1. The standard InChI is InChI=1S/C37H33N3O7S2/c1-3-46-36(44)20-8-12-21(13-9-20)40-34(42)29-23-16-24(30(29)35(40)43)31-28(23)27(32-33(48-31)39-37(45)49-32)19-10-14-22(15-11-19)47-17-26(41)38-25-7-5-4-6-18(25)2/h4-15,23-24,27-31H,3,16-17H2,1-2H3,(H,38,41)(H,39,45)/t23-,24-,27-,28?,29?,30?,31?/m1/s1. The lowest BCUT2D eigenvalue weighted by Crippen LogP contribution is -2.42. The monoisotopic (exact) mass is 695 g/mol. The molecule has 3 aromatic carbocycles. The van der Waals surface area contributed by atoms with E-state index >= 15 is 0 Å². The molecule has 2 saturated carbocycles. The summed E-state index contributed by atoms with van der Waals surface area (Å²) in [5.41, 5.74) is 3.51. The van der Waals surface area contributed by atoms with Crippen LogP contribution in [0.2, 0.25) is 0 Å². The van der Waals surface area contributed by atoms with Crippen LogP contribution in [0.4, 0.5) is 11.4 Å². The van der Waals surface area contributed by atoms with Gasteiger partial charge in [-0.1, -0.05) is 41.7 Å². The number of carbonyl (C=O) groups is 4. The zero-order chi connectivity index (χ0) is 34.0. The zero-order valence-corrected chi connectivity index (χ0v) is 28.3. The van der Waals surface area contributed by atoms with Crippen molar-refractivity contribution in [1.29, 1.82) is 0 Å². The molecule has 3 amide bonds. The number of fused-ring (bicyclic) bond motifs is 9. The molecule has 7 atom stereocenters. The maximum Gasteiger partial charge on any atom is 0.338 e. The Labute approximate surface area is 290 Å². The van der Waals surface area contributed by atoms with E-state index in [4.69, 9.17) is 9.47 Å². The number of aromatic amines is 1. The fraction of sp³-hybridized carbons (Fsp3) is 0.324. The van der Waals surface area contributed by atoms with Crippen LogP contribution in [0.1, 0.15) is 45.6 Å². The molecule has 0 radical (unpaired) electrons. The molecule has 2 N–H and O–H groups in total. The topological polar surface area (TPSA) is 135 Å². The number of thiazole rings is 1. The van der Waals surface area contributed by atoms with Crippen molar-refractivity contribution in [2.45, 2.75) is 36.5 Å². The highest BCUT2D eigenvalue weighted by Gasteiger charge is 2.69. The number of anilines is 2. The van der Waals surface area contributed by atoms with Crippen LogP contribution in [0.3, 0.4) is 0 Å². The summed E-state index contributed by atoms with van der Waals surface area (Å²) in [4.78, 5) is 70.6. The predicted octanol–water partition coefficient (Wildman–Crippen LogP) is 5.62. The molecule has 1 saturated heterocycles. The second-order valence-electron chi connectivity index (χ2n) is 13.0. The number of benzene rings is 3. The van der Waals surface area contributed by atoms with Crippen LogP contribution in [0, 0.1) is 36.5 Å². The minimum Gasteiger partial charge on any atom is -0.484 e. The van der Waals surface area contributed by atoms with Gasteiger partial charge in [-0.15, -0.1) is 11.8 Å². The molecular formula is C37H33N3O7S2. The minimum atomic E-state index is -0.455. The summed E-state index contributed by atoms with van der Waals surface area (Å²) < 4.78 is 10.9. The first-order valence-corrected chi connectivity index (χ1v) is 18.1. The third-order valence-corrected chi connectivity index (χ3v) is 13.0. The smallest absolute Gasteiger partial charge is 0.338 e. The Morgan fingerprint density at radius 3 is 2.37 bits per heavy atom. The van der Waals surface area contributed by atoms with Crippen LogP contribution in [-0.2, 0) is 19.1 Å². The van der Waals surface area contributed by atoms with Crippen molar-refractivity contribution in [3.05, 3.63) is 104 Å². The van der Waals surface area contributed by atoms with Gasteiger partial charge in [-0.2, -0.15) is 0 Å². The number of esters is 1. The van der Waals surface area contributed by atoms with Crippen molar-refractivity contribution in [2.24, 2.45) is 29.6 Å². The number of para-hydroxylation sites is 1. The SMILES string of the molecule is CCOC(=O)c1ccc(N2C(=O)C3C(C2=O)[C@@H]2C[C@H]3C3Sc4[nH]c(=O)sc4[C@H](c4ccc(OCC(=O)Nc5ccccc5C)cc4)C32)cc1. The molecule has 4 unspecified atom stereocenters. The molecule has 2 aliphatic heterocycles. The number of hydrogen-bond donors (Lipinski definition) is 2. The molecule has 4 aromatic rings. The molecule has 1 aromatic heterocycles. The lowest BCUT2D eigenvalue weighted by Gasteiger charge is -2.43. The number of nitrogens with one attached hydrogen (secondary N) is 2. The molecule has 49 heavy (non-hydrogen) atoms. The van der Waals surface area contributed by atoms with E-state index in [1.54, 1.807) is 43.0 Å². The van der Waals surface area contributed by atoms with Crippen molar-refractivity contribution >= 4 is 58.2 Å². The quantitative estimate of drug-likeness (QED) is 0.179. The number of hydrogen-bond acceptors (Lipinski definition) is 9. The third-order valence-electron chi connectivity index (χ3n) is 10.4. The zero-order valence-electron chi connectivity index (χ0n) is 26.7. The molecular weight excluding hydrogens is 663 g/mol. The predicted molar refractivity (Wildman–Crippen MR) is 185 cm³/mol. The molecule has 8 rings (SSSR count). The summed E-state index contributed by atoms with van der Waals surface area (Å²) >= 11 is 2.84. The van der Waals surface area contributed by atoms with Gasteiger partial charge in [-0.05, 0) is 91.6 Å². The minimum absolute atomic E-state index is 0.0151. The number of carbonyl (C=O) groups excluding carboxylic acids is 4. The molecule has 4 aliphatic rings. The Morgan fingerprint density at radius 1 is 0.939 bits per heavy atom. The first-order valence-electron chi connectivity index (χ1n) is 16.4. The van der Waals surface area contributed by atoms with Crippen LogP contribution in [-0.4, -0.2) is 47.1 Å². The Kier molecular flexibility index (Phi) is 7.95. The maximum atomic E-state index is 14.1.